The molecule has 5 N–H and O–H groups in total. The Morgan fingerprint density at radius 2 is 0.510 bits per heavy atom. The molecule has 0 aliphatic carbocycles. The first-order chi connectivity index (χ1) is 53.3. The highest BCUT2D eigenvalue weighted by Crippen LogP contribution is 2.13. The van der Waals surface area contributed by atoms with Gasteiger partial charge in [0.25, 0.3) is 0 Å². The van der Waals surface area contributed by atoms with Gasteiger partial charge in [-0.25, -0.2) is 0 Å². The van der Waals surface area contributed by atoms with E-state index in [9.17, 15) is 47.9 Å². The molecule has 0 spiro atoms. The zero-order chi connectivity index (χ0) is 89.7. The minimum Gasteiger partial charge on any atom is -0.384 e. The van der Waals surface area contributed by atoms with E-state index in [0.717, 1.165) is 16.7 Å². The largest absolute Gasteiger partial charge is 0.384 e. The predicted molar refractivity (Wildman–Crippen MR) is 375 cm³/mol. The lowest BCUT2D eigenvalue weighted by Crippen LogP contribution is -2.33. The monoisotopic (exact) mass is 1350 g/mol. The topological polar surface area (TPSA) is 277 Å². The van der Waals surface area contributed by atoms with Gasteiger partial charge in [0.05, 0.1) is 91.4 Å². The highest BCUT2D eigenvalue weighted by Gasteiger charge is 2.24. The van der Waals surface area contributed by atoms with E-state index in [1.54, 1.807) is 72.8 Å². The normalized spacial score (nSPS) is 15.9. The van der Waals surface area contributed by atoms with Crippen LogP contribution in [0.4, 0.5) is 0 Å². The number of amides is 5. The van der Waals surface area contributed by atoms with Gasteiger partial charge in [-0.3, -0.25) is 24.0 Å². The van der Waals surface area contributed by atoms with E-state index in [4.69, 9.17) is 47.7 Å². The summed E-state index contributed by atoms with van der Waals surface area (Å²) in [6, 6.07) is 16.5. The van der Waals surface area contributed by atoms with Crippen LogP contribution >= 0.6 is 0 Å². The van der Waals surface area contributed by atoms with Crippen molar-refractivity contribution >= 4 is 58.5 Å². The minimum atomic E-state index is -2.69. The summed E-state index contributed by atoms with van der Waals surface area (Å²) in [4.78, 5) is 117. The van der Waals surface area contributed by atoms with Gasteiger partial charge >= 0.3 is 0 Å². The molecule has 96 heavy (non-hydrogen) atoms. The molecule has 0 aliphatic heterocycles. The predicted octanol–water partition coefficient (Wildman–Crippen LogP) is 9.90. The molecule has 5 unspecified atom stereocenters. The van der Waals surface area contributed by atoms with Gasteiger partial charge in [0, 0.05) is 100 Å². The van der Waals surface area contributed by atoms with Crippen LogP contribution in [-0.4, -0.2) is 127 Å². The molecule has 0 aliphatic rings. The Morgan fingerprint density at radius 1 is 0.323 bits per heavy atom. The second kappa shape index (κ2) is 50.9. The van der Waals surface area contributed by atoms with Gasteiger partial charge in [-0.1, -0.05) is 156 Å². The van der Waals surface area contributed by atoms with Crippen LogP contribution in [0.25, 0.3) is 0 Å². The molecule has 0 bridgehead atoms. The Balaban J connectivity index is 0.00000144. The lowest BCUT2D eigenvalue weighted by atomic mass is 10.0. The summed E-state index contributed by atoms with van der Waals surface area (Å²) in [5, 5.41) is 11.0. The first-order valence-electron chi connectivity index (χ1n) is 40.3. The number of rotatable bonds is 35. The molecule has 5 rings (SSSR count). The van der Waals surface area contributed by atoms with Crippen molar-refractivity contribution < 1.29 is 100 Å². The van der Waals surface area contributed by atoms with E-state index >= 15 is 0 Å². The molecule has 0 saturated carbocycles. The van der Waals surface area contributed by atoms with Crippen molar-refractivity contribution in [3.05, 3.63) is 177 Å². The molecular formula is C76H109N5O15. The molecule has 5 aromatic carbocycles. The summed E-state index contributed by atoms with van der Waals surface area (Å²) in [5.41, 5.74) is 3.01. The second-order valence-corrected chi connectivity index (χ2v) is 21.8. The van der Waals surface area contributed by atoms with E-state index in [0.29, 0.717) is 11.1 Å². The molecule has 528 valence electrons. The van der Waals surface area contributed by atoms with Crippen molar-refractivity contribution in [3.8, 4) is 0 Å². The number of carbonyl (C=O) groups is 10. The van der Waals surface area contributed by atoms with Crippen LogP contribution in [0.15, 0.2) is 121 Å². The lowest BCUT2D eigenvalue weighted by molar-refractivity contribution is -0.130. The van der Waals surface area contributed by atoms with Crippen LogP contribution in [0, 0.1) is 64.2 Å². The van der Waals surface area contributed by atoms with Crippen LogP contribution in [0.5, 0.6) is 0 Å². The highest BCUT2D eigenvalue weighted by atomic mass is 16.5. The van der Waals surface area contributed by atoms with E-state index in [2.05, 4.69) is 31.3 Å². The van der Waals surface area contributed by atoms with Crippen LogP contribution in [0.2, 0.25) is 0 Å². The molecule has 5 atom stereocenters. The number of hydrogen-bond acceptors (Lipinski definition) is 15. The number of ketones is 5. The summed E-state index contributed by atoms with van der Waals surface area (Å²) in [6.07, 6.45) is -0.448. The van der Waals surface area contributed by atoms with E-state index < -0.39 is 141 Å². The lowest BCUT2D eigenvalue weighted by Gasteiger charge is -2.14. The van der Waals surface area contributed by atoms with Crippen LogP contribution < -0.4 is 26.6 Å². The summed E-state index contributed by atoms with van der Waals surface area (Å²) in [7, 11) is 2.88. The summed E-state index contributed by atoms with van der Waals surface area (Å²) in [5.74, 6) is -8.87. The number of aryl methyl sites for hydroxylation is 3. The number of nitrogens with one attached hydrogen (secondary N) is 5. The molecule has 20 heteroatoms. The number of benzene rings is 5. The average Bonchev–Trinajstić information content (AvgIpc) is 0.769. The second-order valence-electron chi connectivity index (χ2n) is 21.8. The van der Waals surface area contributed by atoms with Gasteiger partial charge in [-0.15, -0.1) is 0 Å². The third kappa shape index (κ3) is 41.4. The maximum Gasteiger partial charge on any atom is 0.226 e. The SMILES string of the molecule is C.[2H]C([2H])(NC(=O)C(COC)CC(C)=O)c1ccc(C)cc1.[2H]C([2H])(NC(=O)C(COC)CC(C)=O)c1ccc(C)cc1.[2H]C([2H])([2H])OCC(CC(C)=O)C(=O)NC([2H])([2H])c1ccc(C)cc1.[2H]c1c([2H])c(C([2H])([2H])NC(=O)C(COC)CC(C)=O)c([2H])c([2H])c1C.[2H]c1c([2H])c(C([2H])([2H])NC(=O)C(COC)CC(C)=O)c([2H])c([2H])c1C. The van der Waals surface area contributed by atoms with Gasteiger partial charge < -0.3 is 74.2 Å². The molecule has 0 fully saturated rings. The standard InChI is InChI=1S/5C15H21NO3.CH4/c5*1-11-4-6-13(7-5-11)9-16-15(18)14(10-19-3)8-12(2)17;/h5*4-7,14H,8-10H2,1-3H3,(H,16,18);1H4/i2*4D,5D,6D,7D,9D2;3D3,9D2;2*9D2;. The Morgan fingerprint density at radius 3 is 0.688 bits per heavy atom. The van der Waals surface area contributed by atoms with Crippen molar-refractivity contribution in [1.29, 1.82) is 0 Å². The number of ether oxygens (including phenoxy) is 5. The molecule has 0 radical (unpaired) electrons. The Bertz CT molecular complexity index is 3920. The molecule has 20 nitrogen and oxygen atoms in total. The smallest absolute Gasteiger partial charge is 0.226 e. The highest BCUT2D eigenvalue weighted by molar-refractivity contribution is 5.88. The molecule has 0 aromatic heterocycles. The zero-order valence-electron chi connectivity index (χ0n) is 77.5. The fourth-order valence-corrected chi connectivity index (χ4v) is 7.72. The van der Waals surface area contributed by atoms with Crippen molar-refractivity contribution in [3.63, 3.8) is 0 Å². The first-order valence-corrected chi connectivity index (χ1v) is 29.8. The summed E-state index contributed by atoms with van der Waals surface area (Å²) < 4.78 is 188. The summed E-state index contributed by atoms with van der Waals surface area (Å²) >= 11 is 0. The third-order valence-electron chi connectivity index (χ3n) is 12.5. The molecule has 0 heterocycles. The minimum absolute atomic E-state index is 0. The van der Waals surface area contributed by atoms with Gasteiger partial charge in [0.1, 0.15) is 28.9 Å². The number of methoxy groups -OCH3 is 5. The van der Waals surface area contributed by atoms with E-state index in [1.165, 1.54) is 76.9 Å². The fraction of sp³-hybridized carbons (Fsp3) is 0.474. The fourth-order valence-electron chi connectivity index (χ4n) is 7.72. The van der Waals surface area contributed by atoms with Crippen molar-refractivity contribution in [2.75, 3.05) is 68.5 Å². The Labute approximate surface area is 600 Å². The van der Waals surface area contributed by atoms with Crippen LogP contribution in [0.3, 0.4) is 0 Å². The van der Waals surface area contributed by atoms with Crippen molar-refractivity contribution in [2.45, 2.75) is 141 Å². The molecular weight excluding hydrogens is 1220 g/mol. The Kier molecular flexibility index (Phi) is 30.1. The number of carbonyl (C=O) groups excluding carboxylic acids is 10. The zero-order valence-corrected chi connectivity index (χ0v) is 56.5. The number of hydrogen-bond donors (Lipinski definition) is 5. The summed E-state index contributed by atoms with van der Waals surface area (Å²) in [6.45, 7) is 3.17. The molecule has 5 amide bonds. The Hall–Kier alpha value is -8.40. The quantitative estimate of drug-likeness (QED) is 0.0252. The van der Waals surface area contributed by atoms with Crippen molar-refractivity contribution in [2.24, 2.45) is 29.6 Å². The molecule has 0 saturated heterocycles. The third-order valence-corrected chi connectivity index (χ3v) is 12.5. The van der Waals surface area contributed by atoms with Gasteiger partial charge in [0.15, 0.2) is 0 Å². The van der Waals surface area contributed by atoms with Crippen LogP contribution in [0.1, 0.15) is 159 Å². The maximum absolute atomic E-state index is 12.3. The van der Waals surface area contributed by atoms with Gasteiger partial charge in [0.2, 0.25) is 29.5 Å². The van der Waals surface area contributed by atoms with Crippen LogP contribution in [-0.2, 0) is 104 Å². The van der Waals surface area contributed by atoms with Gasteiger partial charge in [-0.2, -0.15) is 0 Å². The van der Waals surface area contributed by atoms with E-state index in [-0.39, 0.29) is 136 Å². The number of Topliss-reactive ketones (excluding diaryl/α,β-unsaturated/α-hetero) is 5. The van der Waals surface area contributed by atoms with Gasteiger partial charge in [-0.05, 0) is 97.1 Å². The van der Waals surface area contributed by atoms with Crippen molar-refractivity contribution in [1.82, 2.24) is 26.6 Å². The average molecular weight is 1350 g/mol. The van der Waals surface area contributed by atoms with E-state index in [1.807, 2.05) is 20.8 Å². The first kappa shape index (κ1) is 56.7. The molecule has 5 aromatic rings. The maximum atomic E-state index is 12.3.